The third kappa shape index (κ3) is 5.64. The number of hydrogen-bond acceptors (Lipinski definition) is 6. The van der Waals surface area contributed by atoms with E-state index in [1.54, 1.807) is 14.0 Å². The van der Waals surface area contributed by atoms with Crippen molar-refractivity contribution in [1.29, 1.82) is 0 Å². The Kier molecular flexibility index (Phi) is 7.66. The molecule has 8 nitrogen and oxygen atoms in total. The normalized spacial score (nSPS) is 11.6. The predicted molar refractivity (Wildman–Crippen MR) is 120 cm³/mol. The van der Waals surface area contributed by atoms with Gasteiger partial charge in [-0.05, 0) is 31.5 Å². The summed E-state index contributed by atoms with van der Waals surface area (Å²) in [5, 5.41) is 13.7. The van der Waals surface area contributed by atoms with Crippen molar-refractivity contribution in [2.24, 2.45) is 0 Å². The standard InChI is InChI=1S/C22H25N5O3S/c1-4-27-19(17-12-8-9-13-18(17)30-3)25-26-22(27)31-15(2)20(28)24-21(29)23-14-16-10-6-5-7-11-16/h5-13,15H,4,14H2,1-3H3,(H2,23,24,28,29). The van der Waals surface area contributed by atoms with Crippen LogP contribution in [-0.4, -0.2) is 39.1 Å². The molecule has 0 aliphatic heterocycles. The molecule has 0 saturated carbocycles. The van der Waals surface area contributed by atoms with Crippen LogP contribution in [0.4, 0.5) is 4.79 Å². The molecule has 162 valence electrons. The van der Waals surface area contributed by atoms with Crippen molar-refractivity contribution in [3.63, 3.8) is 0 Å². The minimum atomic E-state index is -0.539. The number of methoxy groups -OCH3 is 1. The fraction of sp³-hybridized carbons (Fsp3) is 0.273. The van der Waals surface area contributed by atoms with Gasteiger partial charge < -0.3 is 14.6 Å². The van der Waals surface area contributed by atoms with Crippen LogP contribution in [0.5, 0.6) is 5.75 Å². The second-order valence-electron chi connectivity index (χ2n) is 6.67. The number of urea groups is 1. The van der Waals surface area contributed by atoms with Crippen LogP contribution in [0.15, 0.2) is 59.8 Å². The Morgan fingerprint density at radius 1 is 1.10 bits per heavy atom. The number of carbonyl (C=O) groups excluding carboxylic acids is 2. The van der Waals surface area contributed by atoms with Gasteiger partial charge in [0.15, 0.2) is 11.0 Å². The van der Waals surface area contributed by atoms with Crippen molar-refractivity contribution in [3.8, 4) is 17.1 Å². The fourth-order valence-corrected chi connectivity index (χ4v) is 3.85. The van der Waals surface area contributed by atoms with E-state index in [-0.39, 0.29) is 0 Å². The zero-order valence-electron chi connectivity index (χ0n) is 17.7. The van der Waals surface area contributed by atoms with Crippen molar-refractivity contribution in [1.82, 2.24) is 25.4 Å². The maximum atomic E-state index is 12.5. The second kappa shape index (κ2) is 10.6. The van der Waals surface area contributed by atoms with Gasteiger partial charge in [0.05, 0.1) is 17.9 Å². The summed E-state index contributed by atoms with van der Waals surface area (Å²) >= 11 is 1.24. The molecule has 0 aliphatic carbocycles. The topological polar surface area (TPSA) is 98.1 Å². The zero-order chi connectivity index (χ0) is 22.2. The molecule has 31 heavy (non-hydrogen) atoms. The lowest BCUT2D eigenvalue weighted by atomic mass is 10.2. The van der Waals surface area contributed by atoms with Gasteiger partial charge in [0.25, 0.3) is 0 Å². The van der Waals surface area contributed by atoms with Crippen LogP contribution in [0, 0.1) is 0 Å². The molecule has 9 heteroatoms. The summed E-state index contributed by atoms with van der Waals surface area (Å²) < 4.78 is 7.35. The number of imide groups is 1. The third-order valence-corrected chi connectivity index (χ3v) is 5.65. The summed E-state index contributed by atoms with van der Waals surface area (Å²) in [6.45, 7) is 4.67. The molecular formula is C22H25N5O3S. The maximum Gasteiger partial charge on any atom is 0.321 e. The van der Waals surface area contributed by atoms with Gasteiger partial charge in [-0.1, -0.05) is 54.2 Å². The number of thioether (sulfide) groups is 1. The molecule has 0 saturated heterocycles. The molecule has 3 amide bonds. The van der Waals surface area contributed by atoms with Crippen LogP contribution in [0.1, 0.15) is 19.4 Å². The average Bonchev–Trinajstić information content (AvgIpc) is 3.20. The number of ether oxygens (including phenoxy) is 1. The highest BCUT2D eigenvalue weighted by Crippen LogP contribution is 2.31. The number of benzene rings is 2. The Bertz CT molecular complexity index is 1040. The SMILES string of the molecule is CCn1c(SC(C)C(=O)NC(=O)NCc2ccccc2)nnc1-c1ccccc1OC. The first-order valence-corrected chi connectivity index (χ1v) is 10.8. The Labute approximate surface area is 185 Å². The molecule has 1 aromatic heterocycles. The highest BCUT2D eigenvalue weighted by Gasteiger charge is 2.22. The van der Waals surface area contributed by atoms with E-state index in [1.807, 2.05) is 66.1 Å². The van der Waals surface area contributed by atoms with Gasteiger partial charge in [0.2, 0.25) is 5.91 Å². The third-order valence-electron chi connectivity index (χ3n) is 4.56. The number of hydrogen-bond donors (Lipinski definition) is 2. The zero-order valence-corrected chi connectivity index (χ0v) is 18.5. The molecule has 0 radical (unpaired) electrons. The fourth-order valence-electron chi connectivity index (χ4n) is 2.94. The number of carbonyl (C=O) groups is 2. The molecule has 0 aliphatic rings. The molecule has 3 rings (SSSR count). The Hall–Kier alpha value is -3.33. The molecule has 1 atom stereocenters. The molecule has 0 fully saturated rings. The Morgan fingerprint density at radius 3 is 2.52 bits per heavy atom. The van der Waals surface area contributed by atoms with Crippen LogP contribution < -0.4 is 15.4 Å². The summed E-state index contributed by atoms with van der Waals surface area (Å²) in [6, 6.07) is 16.5. The summed E-state index contributed by atoms with van der Waals surface area (Å²) in [4.78, 5) is 24.5. The molecule has 1 heterocycles. The average molecular weight is 440 g/mol. The second-order valence-corrected chi connectivity index (χ2v) is 7.98. The van der Waals surface area contributed by atoms with Gasteiger partial charge >= 0.3 is 6.03 Å². The van der Waals surface area contributed by atoms with E-state index < -0.39 is 17.2 Å². The Morgan fingerprint density at radius 2 is 1.81 bits per heavy atom. The van der Waals surface area contributed by atoms with E-state index in [4.69, 9.17) is 4.74 Å². The first kappa shape index (κ1) is 22.4. The van der Waals surface area contributed by atoms with Crippen LogP contribution in [0.3, 0.4) is 0 Å². The minimum Gasteiger partial charge on any atom is -0.496 e. The van der Waals surface area contributed by atoms with E-state index in [9.17, 15) is 9.59 Å². The van der Waals surface area contributed by atoms with Crippen LogP contribution in [-0.2, 0) is 17.9 Å². The lowest BCUT2D eigenvalue weighted by Crippen LogP contribution is -2.42. The van der Waals surface area contributed by atoms with Gasteiger partial charge in [-0.3, -0.25) is 10.1 Å². The number of aromatic nitrogens is 3. The van der Waals surface area contributed by atoms with E-state index in [0.717, 1.165) is 11.1 Å². The molecular weight excluding hydrogens is 414 g/mol. The smallest absolute Gasteiger partial charge is 0.321 e. The minimum absolute atomic E-state index is 0.341. The van der Waals surface area contributed by atoms with Crippen molar-refractivity contribution < 1.29 is 14.3 Å². The first-order valence-electron chi connectivity index (χ1n) is 9.89. The molecule has 0 bridgehead atoms. The number of para-hydroxylation sites is 1. The van der Waals surface area contributed by atoms with Gasteiger partial charge in [0.1, 0.15) is 5.75 Å². The van der Waals surface area contributed by atoms with E-state index >= 15 is 0 Å². The number of nitrogens with one attached hydrogen (secondary N) is 2. The van der Waals surface area contributed by atoms with Crippen LogP contribution >= 0.6 is 11.8 Å². The number of rotatable bonds is 8. The maximum absolute atomic E-state index is 12.5. The summed E-state index contributed by atoms with van der Waals surface area (Å²) in [6.07, 6.45) is 0. The van der Waals surface area contributed by atoms with Crippen molar-refractivity contribution >= 4 is 23.7 Å². The lowest BCUT2D eigenvalue weighted by molar-refractivity contribution is -0.119. The van der Waals surface area contributed by atoms with E-state index in [0.29, 0.717) is 29.8 Å². The first-order chi connectivity index (χ1) is 15.0. The van der Waals surface area contributed by atoms with Crippen LogP contribution in [0.25, 0.3) is 11.4 Å². The highest BCUT2D eigenvalue weighted by molar-refractivity contribution is 8.00. The van der Waals surface area contributed by atoms with Gasteiger partial charge in [-0.15, -0.1) is 10.2 Å². The molecule has 2 aromatic carbocycles. The van der Waals surface area contributed by atoms with Crippen LogP contribution in [0.2, 0.25) is 0 Å². The number of amides is 3. The molecule has 1 unspecified atom stereocenters. The van der Waals surface area contributed by atoms with E-state index in [2.05, 4.69) is 20.8 Å². The quantitative estimate of drug-likeness (QED) is 0.522. The van der Waals surface area contributed by atoms with Crippen molar-refractivity contribution in [2.45, 2.75) is 37.3 Å². The van der Waals surface area contributed by atoms with Crippen molar-refractivity contribution in [2.75, 3.05) is 7.11 Å². The summed E-state index contributed by atoms with van der Waals surface area (Å²) in [5.74, 6) is 0.956. The molecule has 0 spiro atoms. The van der Waals surface area contributed by atoms with Gasteiger partial charge in [-0.2, -0.15) is 0 Å². The largest absolute Gasteiger partial charge is 0.496 e. The Balaban J connectivity index is 1.63. The monoisotopic (exact) mass is 439 g/mol. The lowest BCUT2D eigenvalue weighted by Gasteiger charge is -2.13. The number of nitrogens with zero attached hydrogens (tertiary/aromatic N) is 3. The molecule has 3 aromatic rings. The predicted octanol–water partition coefficient (Wildman–Crippen LogP) is 3.48. The van der Waals surface area contributed by atoms with Gasteiger partial charge in [0, 0.05) is 13.1 Å². The van der Waals surface area contributed by atoms with Gasteiger partial charge in [-0.25, -0.2) is 4.79 Å². The highest BCUT2D eigenvalue weighted by atomic mass is 32.2. The summed E-state index contributed by atoms with van der Waals surface area (Å²) in [7, 11) is 1.61. The van der Waals surface area contributed by atoms with Crippen molar-refractivity contribution in [3.05, 3.63) is 60.2 Å². The van der Waals surface area contributed by atoms with E-state index in [1.165, 1.54) is 11.8 Å². The molecule has 2 N–H and O–H groups in total. The summed E-state index contributed by atoms with van der Waals surface area (Å²) in [5.41, 5.74) is 1.77.